The van der Waals surface area contributed by atoms with Gasteiger partial charge in [0, 0.05) is 46.6 Å². The highest BCUT2D eigenvalue weighted by atomic mass is 32.2. The Morgan fingerprint density at radius 3 is 1.64 bits per heavy atom. The van der Waals surface area contributed by atoms with Crippen LogP contribution in [0, 0.1) is 44.5 Å². The summed E-state index contributed by atoms with van der Waals surface area (Å²) in [5.41, 5.74) is 2.17. The number of nitrogens with zero attached hydrogens (tertiary/aromatic N) is 1. The number of amides is 1. The third-order valence-corrected chi connectivity index (χ3v) is 10.3. The predicted molar refractivity (Wildman–Crippen MR) is 233 cm³/mol. The summed E-state index contributed by atoms with van der Waals surface area (Å²) in [4.78, 5) is 10.7. The number of carboxylic acid groups (broad SMARTS) is 1. The molecule has 324 valence electrons. The van der Waals surface area contributed by atoms with Crippen molar-refractivity contribution >= 4 is 23.7 Å². The topological polar surface area (TPSA) is 161 Å². The zero-order valence-corrected chi connectivity index (χ0v) is 38.0. The highest BCUT2D eigenvalue weighted by molar-refractivity contribution is 7.89. The largest absolute Gasteiger partial charge is 0.508 e. The summed E-state index contributed by atoms with van der Waals surface area (Å²) < 4.78 is 59.1. The van der Waals surface area contributed by atoms with Crippen LogP contribution in [0.15, 0.2) is 53.4 Å². The molecule has 1 aliphatic rings. The first-order valence-corrected chi connectivity index (χ1v) is 22.2. The van der Waals surface area contributed by atoms with Crippen LogP contribution in [0.4, 0.5) is 4.79 Å². The Morgan fingerprint density at radius 1 is 0.857 bits per heavy atom. The Morgan fingerprint density at radius 2 is 1.30 bits per heavy atom. The molecule has 1 atom stereocenters. The van der Waals surface area contributed by atoms with Crippen LogP contribution in [0.5, 0.6) is 5.75 Å². The van der Waals surface area contributed by atoms with E-state index in [1.165, 1.54) is 47.0 Å². The summed E-state index contributed by atoms with van der Waals surface area (Å²) in [6, 6.07) is 13.3. The lowest BCUT2D eigenvalue weighted by molar-refractivity contribution is 0.191. The number of nitrogens with one attached hydrogen (secondary N) is 1. The minimum Gasteiger partial charge on any atom is -0.508 e. The third-order valence-electron chi connectivity index (χ3n) is 6.42. The van der Waals surface area contributed by atoms with Crippen molar-refractivity contribution in [2.24, 2.45) is 11.8 Å². The van der Waals surface area contributed by atoms with E-state index in [1.807, 2.05) is 93.5 Å². The molecule has 1 unspecified atom stereocenters. The summed E-state index contributed by atoms with van der Waals surface area (Å²) in [5.74, 6) is -0.0448. The highest BCUT2D eigenvalue weighted by Crippen LogP contribution is 2.51. The number of rotatable bonds is 15. The number of aryl methyl sites for hydroxylation is 1. The molecule has 3 N–H and O–H groups in total. The average molecular weight is 831 g/mol. The average Bonchev–Trinajstić information content (AvgIpc) is 3.79. The van der Waals surface area contributed by atoms with Gasteiger partial charge in [0.05, 0.1) is 24.3 Å². The molecular formula is C42H75N2O10PS. The van der Waals surface area contributed by atoms with Crippen molar-refractivity contribution in [3.8, 4) is 31.4 Å². The monoisotopic (exact) mass is 830 g/mol. The van der Waals surface area contributed by atoms with E-state index in [1.54, 1.807) is 14.0 Å². The molecule has 1 aliphatic heterocycles. The van der Waals surface area contributed by atoms with E-state index in [4.69, 9.17) is 18.9 Å². The fourth-order valence-corrected chi connectivity index (χ4v) is 7.49. The number of benzene rings is 2. The lowest BCUT2D eigenvalue weighted by Crippen LogP contribution is -2.40. The van der Waals surface area contributed by atoms with Crippen LogP contribution in [0.3, 0.4) is 0 Å². The molecule has 14 heteroatoms. The standard InChI is InChI=1S/C15H24N2O5S.C12H19O3P.C4H8O.C3H8O.2C2H6.2C2H2/c1-11(2)9-17(10-12(3)8-16-15(19)20)23(21,22)14-6-4-13(18)5-7-14;1-4-14-16(13,15-5-2)10-12-8-6-11(3)7-9-12;1-2-4-5-3-1;1-3-4-2;4*1-2/h4-7,11-12,16,18H,8-10H2,1-3H3,(H,19,20);6-9H,4-5,10H2,1-3H3;1-4H2;3H2,1-2H3;2*1-2H3;2*1-2H. The van der Waals surface area contributed by atoms with Crippen molar-refractivity contribution in [3.05, 3.63) is 59.7 Å². The minimum absolute atomic E-state index is 0.00149. The van der Waals surface area contributed by atoms with Gasteiger partial charge in [-0.3, -0.25) is 4.57 Å². The van der Waals surface area contributed by atoms with E-state index in [0.717, 1.165) is 25.4 Å². The number of ether oxygens (including phenoxy) is 2. The molecule has 0 spiro atoms. The van der Waals surface area contributed by atoms with Gasteiger partial charge in [0.15, 0.2) is 0 Å². The molecule has 3 rings (SSSR count). The molecule has 2 aromatic rings. The van der Waals surface area contributed by atoms with Gasteiger partial charge in [-0.1, -0.05) is 78.3 Å². The van der Waals surface area contributed by atoms with E-state index in [9.17, 15) is 22.9 Å². The molecule has 1 saturated heterocycles. The normalized spacial score (nSPS) is 11.8. The lowest BCUT2D eigenvalue weighted by atomic mass is 10.1. The number of carbonyl (C=O) groups is 1. The number of methoxy groups -OCH3 is 1. The van der Waals surface area contributed by atoms with Gasteiger partial charge < -0.3 is 34.1 Å². The van der Waals surface area contributed by atoms with E-state index in [0.29, 0.717) is 25.9 Å². The first kappa shape index (κ1) is 61.8. The highest BCUT2D eigenvalue weighted by Gasteiger charge is 2.27. The molecule has 2 aromatic carbocycles. The van der Waals surface area contributed by atoms with Crippen molar-refractivity contribution in [1.82, 2.24) is 9.62 Å². The zero-order valence-electron chi connectivity index (χ0n) is 36.3. The number of hydrogen-bond acceptors (Lipinski definition) is 9. The smallest absolute Gasteiger partial charge is 0.404 e. The van der Waals surface area contributed by atoms with Crippen LogP contribution < -0.4 is 5.32 Å². The Hall–Kier alpha value is -3.39. The summed E-state index contributed by atoms with van der Waals surface area (Å²) in [7, 11) is -4.98. The fraction of sp³-hybridized carbons (Fsp3) is 0.595. The molecule has 0 radical (unpaired) electrons. The Balaban J connectivity index is -0.000000226. The number of phenols is 1. The van der Waals surface area contributed by atoms with Gasteiger partial charge in [-0.15, -0.1) is 25.7 Å². The van der Waals surface area contributed by atoms with Crippen molar-refractivity contribution in [2.75, 3.05) is 59.8 Å². The SMILES string of the molecule is C#C.C#C.C1CCOC1.CC.CC.CC(C)CN(CC(C)CNC(=O)O)S(=O)(=O)c1ccc(O)cc1.CCOC.CCOP(=O)(Cc1ccc(C)cc1)OCC. The van der Waals surface area contributed by atoms with E-state index in [2.05, 4.69) is 35.7 Å². The number of aromatic hydroxyl groups is 1. The molecule has 0 aliphatic carbocycles. The summed E-state index contributed by atoms with van der Waals surface area (Å²) in [6.45, 7) is 25.6. The van der Waals surface area contributed by atoms with Gasteiger partial charge in [-0.2, -0.15) is 4.31 Å². The first-order chi connectivity index (χ1) is 26.6. The summed E-state index contributed by atoms with van der Waals surface area (Å²) >= 11 is 0. The molecule has 56 heavy (non-hydrogen) atoms. The second-order valence-electron chi connectivity index (χ2n) is 11.5. The van der Waals surface area contributed by atoms with Gasteiger partial charge in [0.25, 0.3) is 0 Å². The third kappa shape index (κ3) is 33.9. The summed E-state index contributed by atoms with van der Waals surface area (Å²) in [5, 5.41) is 20.2. The fourth-order valence-electron chi connectivity index (χ4n) is 4.07. The van der Waals surface area contributed by atoms with Gasteiger partial charge in [-0.25, -0.2) is 13.2 Å². The quantitative estimate of drug-likeness (QED) is 0.116. The van der Waals surface area contributed by atoms with Crippen LogP contribution in [-0.4, -0.2) is 88.8 Å². The maximum atomic E-state index is 12.8. The van der Waals surface area contributed by atoms with Crippen LogP contribution in [0.25, 0.3) is 0 Å². The van der Waals surface area contributed by atoms with Crippen LogP contribution in [-0.2, 0) is 39.3 Å². The first-order valence-electron chi connectivity index (χ1n) is 19.1. The minimum atomic E-state index is -3.70. The molecule has 1 amide bonds. The summed E-state index contributed by atoms with van der Waals surface area (Å²) in [6.07, 6.45) is 17.8. The predicted octanol–water partition coefficient (Wildman–Crippen LogP) is 9.70. The lowest BCUT2D eigenvalue weighted by Gasteiger charge is -2.26. The van der Waals surface area contributed by atoms with Gasteiger partial charge >= 0.3 is 13.7 Å². The Bertz CT molecular complexity index is 1340. The van der Waals surface area contributed by atoms with E-state index >= 15 is 0 Å². The molecule has 12 nitrogen and oxygen atoms in total. The maximum Gasteiger partial charge on any atom is 0.404 e. The van der Waals surface area contributed by atoms with Gasteiger partial charge in [-0.05, 0) is 82.2 Å². The maximum absolute atomic E-state index is 12.8. The van der Waals surface area contributed by atoms with E-state index < -0.39 is 23.7 Å². The molecule has 0 aromatic heterocycles. The molecular weight excluding hydrogens is 756 g/mol. The van der Waals surface area contributed by atoms with Crippen molar-refractivity contribution in [2.45, 2.75) is 100 Å². The van der Waals surface area contributed by atoms with Gasteiger partial charge in [0.2, 0.25) is 10.0 Å². The molecule has 1 fully saturated rings. The number of phenolic OH excluding ortho intramolecular Hbond substituents is 1. The number of sulfonamides is 1. The number of terminal acetylenes is 2. The van der Waals surface area contributed by atoms with Crippen LogP contribution >= 0.6 is 7.60 Å². The molecule has 0 saturated carbocycles. The van der Waals surface area contributed by atoms with Crippen molar-refractivity contribution in [3.63, 3.8) is 0 Å². The second kappa shape index (κ2) is 41.2. The zero-order chi connectivity index (χ0) is 44.6. The van der Waals surface area contributed by atoms with Gasteiger partial charge in [0.1, 0.15) is 5.75 Å². The van der Waals surface area contributed by atoms with Crippen LogP contribution in [0.1, 0.15) is 93.2 Å². The van der Waals surface area contributed by atoms with Crippen molar-refractivity contribution < 1.29 is 46.5 Å². The molecule has 0 bridgehead atoms. The Labute approximate surface area is 341 Å². The number of hydrogen-bond donors (Lipinski definition) is 3. The molecule has 1 heterocycles. The van der Waals surface area contributed by atoms with Crippen LogP contribution in [0.2, 0.25) is 0 Å². The second-order valence-corrected chi connectivity index (χ2v) is 15.5. The van der Waals surface area contributed by atoms with E-state index in [-0.39, 0.29) is 35.6 Å². The van der Waals surface area contributed by atoms with Crippen molar-refractivity contribution in [1.29, 1.82) is 0 Å². The Kier molecular flexibility index (Phi) is 45.5.